The first-order chi connectivity index (χ1) is 8.61. The highest BCUT2D eigenvalue weighted by Crippen LogP contribution is 2.29. The van der Waals surface area contributed by atoms with E-state index in [0.717, 1.165) is 5.56 Å². The lowest BCUT2D eigenvalue weighted by atomic mass is 9.94. The van der Waals surface area contributed by atoms with Crippen LogP contribution in [-0.2, 0) is 0 Å². The van der Waals surface area contributed by atoms with E-state index in [9.17, 15) is 0 Å². The van der Waals surface area contributed by atoms with E-state index in [-0.39, 0.29) is 0 Å². The summed E-state index contributed by atoms with van der Waals surface area (Å²) in [5, 5.41) is 8.58. The van der Waals surface area contributed by atoms with Gasteiger partial charge in [0.15, 0.2) is 0 Å². The van der Waals surface area contributed by atoms with Crippen molar-refractivity contribution in [3.63, 3.8) is 0 Å². The molecule has 0 atom stereocenters. The van der Waals surface area contributed by atoms with Crippen LogP contribution in [0.25, 0.3) is 11.1 Å². The molecular weight excluding hydrogens is 223 g/mol. The molecule has 2 aromatic rings. The smallest absolute Gasteiger partial charge is 0.537 e. The molecule has 0 aliphatic carbocycles. The van der Waals surface area contributed by atoms with Gasteiger partial charge in [0.1, 0.15) is 5.75 Å². The van der Waals surface area contributed by atoms with Crippen LogP contribution >= 0.6 is 0 Å². The van der Waals surface area contributed by atoms with Gasteiger partial charge in [0.2, 0.25) is 0 Å². The maximum Gasteiger partial charge on any atom is 0.569 e. The Morgan fingerprint density at radius 2 is 1.50 bits per heavy atom. The largest absolute Gasteiger partial charge is 0.569 e. The van der Waals surface area contributed by atoms with Crippen LogP contribution in [0.1, 0.15) is 16.7 Å². The lowest BCUT2D eigenvalue weighted by Gasteiger charge is -2.12. The molecule has 1 radical (unpaired) electrons. The fourth-order valence-electron chi connectivity index (χ4n) is 2.40. The van der Waals surface area contributed by atoms with Crippen molar-refractivity contribution < 1.29 is 9.68 Å². The molecule has 0 aliphatic heterocycles. The third-order valence-corrected chi connectivity index (χ3v) is 3.01. The zero-order valence-corrected chi connectivity index (χ0v) is 10.9. The van der Waals surface area contributed by atoms with Crippen molar-refractivity contribution in [2.24, 2.45) is 0 Å². The highest BCUT2D eigenvalue weighted by atomic mass is 16.5. The molecule has 0 heterocycles. The fourth-order valence-corrected chi connectivity index (χ4v) is 2.40. The van der Waals surface area contributed by atoms with Gasteiger partial charge in [0.05, 0.1) is 0 Å². The molecular formula is C15H16BO2. The quantitative estimate of drug-likeness (QED) is 0.833. The summed E-state index contributed by atoms with van der Waals surface area (Å²) in [5.74, 6) is 0.628. The maximum absolute atomic E-state index is 8.58. The van der Waals surface area contributed by atoms with Crippen LogP contribution in [0.5, 0.6) is 5.75 Å². The zero-order valence-electron chi connectivity index (χ0n) is 10.9. The first kappa shape index (κ1) is 12.7. The van der Waals surface area contributed by atoms with E-state index in [1.165, 1.54) is 22.3 Å². The van der Waals surface area contributed by atoms with Crippen LogP contribution < -0.4 is 4.65 Å². The zero-order chi connectivity index (χ0) is 13.1. The van der Waals surface area contributed by atoms with Crippen LogP contribution in [0.2, 0.25) is 0 Å². The Morgan fingerprint density at radius 1 is 0.944 bits per heavy atom. The summed E-state index contributed by atoms with van der Waals surface area (Å²) in [4.78, 5) is 0. The van der Waals surface area contributed by atoms with Gasteiger partial charge in [0.25, 0.3) is 0 Å². The molecule has 0 aromatic heterocycles. The molecule has 0 amide bonds. The minimum Gasteiger partial charge on any atom is -0.537 e. The summed E-state index contributed by atoms with van der Waals surface area (Å²) in [6.45, 7) is 6.36. The number of benzene rings is 2. The third kappa shape index (κ3) is 2.57. The molecule has 3 heteroatoms. The number of rotatable bonds is 3. The third-order valence-electron chi connectivity index (χ3n) is 3.01. The van der Waals surface area contributed by atoms with Crippen molar-refractivity contribution in [3.05, 3.63) is 53.1 Å². The summed E-state index contributed by atoms with van der Waals surface area (Å²) in [6.07, 6.45) is 0. The van der Waals surface area contributed by atoms with Gasteiger partial charge in [-0.25, -0.2) is 0 Å². The van der Waals surface area contributed by atoms with Gasteiger partial charge in [-0.1, -0.05) is 29.8 Å². The van der Waals surface area contributed by atoms with E-state index in [0.29, 0.717) is 13.4 Å². The SMILES string of the molecule is Cc1cc(C)c(-c2ccc(O[B]O)cc2)c(C)c1. The molecule has 0 bridgehead atoms. The first-order valence-electron chi connectivity index (χ1n) is 5.92. The normalized spacial score (nSPS) is 10.2. The van der Waals surface area contributed by atoms with E-state index in [1.807, 2.05) is 24.3 Å². The standard InChI is InChI=1S/C15H16BO2/c1-10-8-11(2)15(12(3)9-10)13-4-6-14(7-5-13)18-16-17/h4-9,17H,1-3H3. The second-order valence-corrected chi connectivity index (χ2v) is 4.52. The average Bonchev–Trinajstić information content (AvgIpc) is 2.30. The van der Waals surface area contributed by atoms with E-state index in [2.05, 4.69) is 32.9 Å². The molecule has 91 valence electrons. The second kappa shape index (κ2) is 5.28. The lowest BCUT2D eigenvalue weighted by molar-refractivity contribution is 0.454. The molecule has 2 nitrogen and oxygen atoms in total. The van der Waals surface area contributed by atoms with Crippen molar-refractivity contribution in [3.8, 4) is 16.9 Å². The molecule has 2 rings (SSSR count). The Bertz CT molecular complexity index is 524. The maximum atomic E-state index is 8.58. The minimum absolute atomic E-state index is 0.628. The molecule has 0 unspecified atom stereocenters. The first-order valence-corrected chi connectivity index (χ1v) is 5.92. The minimum atomic E-state index is 0.628. The van der Waals surface area contributed by atoms with E-state index < -0.39 is 0 Å². The van der Waals surface area contributed by atoms with Crippen molar-refractivity contribution in [2.75, 3.05) is 0 Å². The molecule has 1 N–H and O–H groups in total. The molecule has 18 heavy (non-hydrogen) atoms. The monoisotopic (exact) mass is 239 g/mol. The molecule has 0 aliphatic rings. The second-order valence-electron chi connectivity index (χ2n) is 4.52. The lowest BCUT2D eigenvalue weighted by Crippen LogP contribution is -1.99. The Balaban J connectivity index is 2.42. The number of hydrogen-bond acceptors (Lipinski definition) is 2. The molecule has 2 aromatic carbocycles. The predicted molar refractivity (Wildman–Crippen MR) is 74.7 cm³/mol. The van der Waals surface area contributed by atoms with Gasteiger partial charge < -0.3 is 9.68 Å². The summed E-state index contributed by atoms with van der Waals surface area (Å²) in [7, 11) is 0.692. The van der Waals surface area contributed by atoms with Crippen molar-refractivity contribution >= 4 is 7.69 Å². The highest BCUT2D eigenvalue weighted by Gasteiger charge is 2.06. The average molecular weight is 239 g/mol. The molecule has 0 spiro atoms. The summed E-state index contributed by atoms with van der Waals surface area (Å²) < 4.78 is 4.91. The summed E-state index contributed by atoms with van der Waals surface area (Å²) >= 11 is 0. The highest BCUT2D eigenvalue weighted by molar-refractivity contribution is 6.17. The van der Waals surface area contributed by atoms with Crippen molar-refractivity contribution in [1.82, 2.24) is 0 Å². The van der Waals surface area contributed by atoms with Crippen LogP contribution in [-0.4, -0.2) is 12.7 Å². The topological polar surface area (TPSA) is 29.5 Å². The Labute approximate surface area is 109 Å². The van der Waals surface area contributed by atoms with Gasteiger partial charge in [-0.05, 0) is 55.2 Å². The van der Waals surface area contributed by atoms with E-state index in [1.54, 1.807) is 0 Å². The predicted octanol–water partition coefficient (Wildman–Crippen LogP) is 3.18. The molecule has 0 saturated heterocycles. The molecule has 0 fully saturated rings. The van der Waals surface area contributed by atoms with Crippen LogP contribution in [0.4, 0.5) is 0 Å². The van der Waals surface area contributed by atoms with Crippen LogP contribution in [0.3, 0.4) is 0 Å². The van der Waals surface area contributed by atoms with Gasteiger partial charge >= 0.3 is 7.69 Å². The van der Waals surface area contributed by atoms with Gasteiger partial charge in [0, 0.05) is 0 Å². The van der Waals surface area contributed by atoms with Crippen molar-refractivity contribution in [2.45, 2.75) is 20.8 Å². The van der Waals surface area contributed by atoms with Crippen molar-refractivity contribution in [1.29, 1.82) is 0 Å². The van der Waals surface area contributed by atoms with Gasteiger partial charge in [-0.3, -0.25) is 0 Å². The Kier molecular flexibility index (Phi) is 3.73. The van der Waals surface area contributed by atoms with Crippen LogP contribution in [0, 0.1) is 20.8 Å². The Hall–Kier alpha value is -1.74. The van der Waals surface area contributed by atoms with Crippen LogP contribution in [0.15, 0.2) is 36.4 Å². The van der Waals surface area contributed by atoms with Gasteiger partial charge in [-0.2, -0.15) is 0 Å². The fraction of sp³-hybridized carbons (Fsp3) is 0.200. The van der Waals surface area contributed by atoms with E-state index >= 15 is 0 Å². The number of aryl methyl sites for hydroxylation is 3. The van der Waals surface area contributed by atoms with Gasteiger partial charge in [-0.15, -0.1) is 0 Å². The number of hydrogen-bond donors (Lipinski definition) is 1. The van der Waals surface area contributed by atoms with E-state index in [4.69, 9.17) is 9.68 Å². The molecule has 0 saturated carbocycles. The summed E-state index contributed by atoms with van der Waals surface area (Å²) in [5.41, 5.74) is 6.25. The summed E-state index contributed by atoms with van der Waals surface area (Å²) in [6, 6.07) is 12.1. The Morgan fingerprint density at radius 3 is 2.00 bits per heavy atom.